The third kappa shape index (κ3) is 4.12. The molecule has 0 unspecified atom stereocenters. The molecular formula is C20H19ClN2O2S. The van der Waals surface area contributed by atoms with Crippen molar-refractivity contribution < 1.29 is 9.53 Å². The number of amides is 1. The number of carbonyl (C=O) groups excluding carboxylic acids is 1. The summed E-state index contributed by atoms with van der Waals surface area (Å²) in [7, 11) is 1.66. The van der Waals surface area contributed by atoms with Crippen LogP contribution in [-0.4, -0.2) is 24.2 Å². The van der Waals surface area contributed by atoms with Crippen molar-refractivity contribution in [2.24, 2.45) is 4.99 Å². The van der Waals surface area contributed by atoms with Crippen LogP contribution in [0.1, 0.15) is 11.1 Å². The van der Waals surface area contributed by atoms with Gasteiger partial charge in [0.25, 0.3) is 5.91 Å². The van der Waals surface area contributed by atoms with Crippen molar-refractivity contribution in [1.29, 1.82) is 0 Å². The zero-order valence-corrected chi connectivity index (χ0v) is 16.2. The van der Waals surface area contributed by atoms with Gasteiger partial charge in [-0.15, -0.1) is 0 Å². The van der Waals surface area contributed by atoms with Gasteiger partial charge in [-0.05, 0) is 36.3 Å². The summed E-state index contributed by atoms with van der Waals surface area (Å²) in [5, 5.41) is 0.601. The number of hydrogen-bond donors (Lipinski definition) is 0. The normalized spacial score (nSPS) is 12.3. The van der Waals surface area contributed by atoms with E-state index < -0.39 is 0 Å². The Hall–Kier alpha value is -2.21. The minimum atomic E-state index is -0.319. The van der Waals surface area contributed by atoms with Crippen LogP contribution in [0.25, 0.3) is 16.3 Å². The van der Waals surface area contributed by atoms with E-state index in [9.17, 15) is 4.79 Å². The lowest BCUT2D eigenvalue weighted by Crippen LogP contribution is -2.19. The van der Waals surface area contributed by atoms with Gasteiger partial charge >= 0.3 is 0 Å². The van der Waals surface area contributed by atoms with Gasteiger partial charge < -0.3 is 9.30 Å². The third-order valence-electron chi connectivity index (χ3n) is 3.94. The Balaban J connectivity index is 1.99. The van der Waals surface area contributed by atoms with Crippen LogP contribution in [0.2, 0.25) is 5.02 Å². The van der Waals surface area contributed by atoms with E-state index in [-0.39, 0.29) is 5.91 Å². The Kier molecular flexibility index (Phi) is 6.04. The van der Waals surface area contributed by atoms with Crippen LogP contribution in [0.15, 0.2) is 53.5 Å². The zero-order valence-electron chi connectivity index (χ0n) is 14.6. The first-order valence-electron chi connectivity index (χ1n) is 8.19. The van der Waals surface area contributed by atoms with Crippen molar-refractivity contribution in [3.8, 4) is 0 Å². The van der Waals surface area contributed by atoms with E-state index in [2.05, 4.69) is 18.0 Å². The van der Waals surface area contributed by atoms with Gasteiger partial charge in [-0.2, -0.15) is 4.99 Å². The number of nitrogens with zero attached hydrogens (tertiary/aromatic N) is 2. The van der Waals surface area contributed by atoms with E-state index in [0.29, 0.717) is 23.0 Å². The summed E-state index contributed by atoms with van der Waals surface area (Å²) in [4.78, 5) is 17.3. The first-order valence-corrected chi connectivity index (χ1v) is 9.39. The van der Waals surface area contributed by atoms with Crippen LogP contribution in [0, 0.1) is 6.92 Å². The predicted octanol–water partition coefficient (Wildman–Crippen LogP) is 4.45. The van der Waals surface area contributed by atoms with Gasteiger partial charge in [0.2, 0.25) is 0 Å². The summed E-state index contributed by atoms with van der Waals surface area (Å²) >= 11 is 7.61. The molecule has 0 saturated carbocycles. The fraction of sp³-hybridized carbons (Fsp3) is 0.200. The number of thiazole rings is 1. The number of ether oxygens (including phenoxy) is 1. The molecule has 1 heterocycles. The molecule has 0 aliphatic carbocycles. The van der Waals surface area contributed by atoms with Crippen molar-refractivity contribution >= 4 is 45.1 Å². The summed E-state index contributed by atoms with van der Waals surface area (Å²) < 4.78 is 8.35. The lowest BCUT2D eigenvalue weighted by molar-refractivity contribution is -0.113. The second-order valence-electron chi connectivity index (χ2n) is 5.76. The van der Waals surface area contributed by atoms with Gasteiger partial charge in [0.15, 0.2) is 4.80 Å². The Morgan fingerprint density at radius 2 is 2.08 bits per heavy atom. The number of aryl methyl sites for hydroxylation is 1. The molecule has 0 N–H and O–H groups in total. The van der Waals surface area contributed by atoms with Crippen molar-refractivity contribution in [2.45, 2.75) is 13.5 Å². The summed E-state index contributed by atoms with van der Waals surface area (Å²) in [6.07, 6.45) is 3.13. The highest BCUT2D eigenvalue weighted by Gasteiger charge is 2.09. The highest BCUT2D eigenvalue weighted by Crippen LogP contribution is 2.21. The Morgan fingerprint density at radius 3 is 2.85 bits per heavy atom. The molecule has 0 atom stereocenters. The fourth-order valence-corrected chi connectivity index (χ4v) is 4.02. The molecule has 134 valence electrons. The quantitative estimate of drug-likeness (QED) is 0.608. The van der Waals surface area contributed by atoms with Crippen LogP contribution in [0.4, 0.5) is 0 Å². The average Bonchev–Trinajstić information content (AvgIpc) is 2.97. The van der Waals surface area contributed by atoms with Gasteiger partial charge in [-0.25, -0.2) is 0 Å². The summed E-state index contributed by atoms with van der Waals surface area (Å²) in [6.45, 7) is 3.25. The number of fused-ring (bicyclic) bond motifs is 1. The molecule has 0 fully saturated rings. The molecule has 26 heavy (non-hydrogen) atoms. The Morgan fingerprint density at radius 1 is 1.27 bits per heavy atom. The van der Waals surface area contributed by atoms with Gasteiger partial charge in [0.1, 0.15) is 0 Å². The van der Waals surface area contributed by atoms with Crippen molar-refractivity contribution in [1.82, 2.24) is 4.57 Å². The van der Waals surface area contributed by atoms with E-state index in [0.717, 1.165) is 21.3 Å². The molecular weight excluding hydrogens is 368 g/mol. The smallest absolute Gasteiger partial charge is 0.272 e. The molecule has 2 aromatic carbocycles. The molecule has 3 aromatic rings. The first kappa shape index (κ1) is 18.6. The molecule has 6 heteroatoms. The van der Waals surface area contributed by atoms with Crippen LogP contribution in [0.5, 0.6) is 0 Å². The Labute approximate surface area is 161 Å². The summed E-state index contributed by atoms with van der Waals surface area (Å²) in [5.41, 5.74) is 3.03. The van der Waals surface area contributed by atoms with Crippen LogP contribution >= 0.6 is 22.9 Å². The molecule has 0 aliphatic rings. The average molecular weight is 387 g/mol. The van der Waals surface area contributed by atoms with E-state index >= 15 is 0 Å². The number of methoxy groups -OCH3 is 1. The van der Waals surface area contributed by atoms with E-state index in [1.165, 1.54) is 17.4 Å². The minimum absolute atomic E-state index is 0.319. The van der Waals surface area contributed by atoms with Crippen LogP contribution < -0.4 is 4.80 Å². The maximum atomic E-state index is 12.4. The zero-order chi connectivity index (χ0) is 18.5. The fourth-order valence-electron chi connectivity index (χ4n) is 2.69. The van der Waals surface area contributed by atoms with Crippen molar-refractivity contribution in [3.63, 3.8) is 0 Å². The summed E-state index contributed by atoms with van der Waals surface area (Å²) in [5.74, 6) is -0.319. The number of para-hydroxylation sites is 1. The molecule has 1 aromatic heterocycles. The predicted molar refractivity (Wildman–Crippen MR) is 107 cm³/mol. The number of halogens is 1. The molecule has 0 aliphatic heterocycles. The Bertz CT molecular complexity index is 1030. The molecule has 0 spiro atoms. The first-order chi connectivity index (χ1) is 12.6. The minimum Gasteiger partial charge on any atom is -0.383 e. The lowest BCUT2D eigenvalue weighted by atomic mass is 10.2. The molecule has 0 radical (unpaired) electrons. The SMILES string of the molecule is COCCn1c(=NC(=O)/C=C/c2ccccc2Cl)sc2cccc(C)c21. The topological polar surface area (TPSA) is 43.6 Å². The van der Waals surface area contributed by atoms with Gasteiger partial charge in [0.05, 0.1) is 16.8 Å². The van der Waals surface area contributed by atoms with Crippen LogP contribution in [0.3, 0.4) is 0 Å². The number of hydrogen-bond acceptors (Lipinski definition) is 3. The monoisotopic (exact) mass is 386 g/mol. The van der Waals surface area contributed by atoms with Crippen molar-refractivity contribution in [2.75, 3.05) is 13.7 Å². The van der Waals surface area contributed by atoms with E-state index in [1.54, 1.807) is 19.3 Å². The van der Waals surface area contributed by atoms with Crippen LogP contribution in [-0.2, 0) is 16.1 Å². The van der Waals surface area contributed by atoms with Crippen molar-refractivity contribution in [3.05, 3.63) is 69.5 Å². The largest absolute Gasteiger partial charge is 0.383 e. The molecule has 0 bridgehead atoms. The molecule has 4 nitrogen and oxygen atoms in total. The number of rotatable bonds is 5. The van der Waals surface area contributed by atoms with E-state index in [1.807, 2.05) is 34.9 Å². The lowest BCUT2D eigenvalue weighted by Gasteiger charge is -2.06. The maximum absolute atomic E-state index is 12.4. The number of aromatic nitrogens is 1. The molecule has 1 amide bonds. The second-order valence-corrected chi connectivity index (χ2v) is 7.17. The molecule has 3 rings (SSSR count). The number of carbonyl (C=O) groups is 1. The van der Waals surface area contributed by atoms with E-state index in [4.69, 9.17) is 16.3 Å². The molecule has 0 saturated heterocycles. The third-order valence-corrected chi connectivity index (χ3v) is 5.33. The maximum Gasteiger partial charge on any atom is 0.272 e. The van der Waals surface area contributed by atoms with Gasteiger partial charge in [-0.3, -0.25) is 4.79 Å². The highest BCUT2D eigenvalue weighted by molar-refractivity contribution is 7.16. The van der Waals surface area contributed by atoms with Gasteiger partial charge in [0, 0.05) is 24.8 Å². The standard InChI is InChI=1S/C20H19ClN2O2S/c1-14-6-5-9-17-19(14)23(12-13-25-2)20(26-17)22-18(24)11-10-15-7-3-4-8-16(15)21/h3-11H,12-13H2,1-2H3/b11-10+,22-20?. The summed E-state index contributed by atoms with van der Waals surface area (Å²) in [6, 6.07) is 13.5. The highest BCUT2D eigenvalue weighted by atomic mass is 35.5. The number of benzene rings is 2. The second kappa shape index (κ2) is 8.45. The van der Waals surface area contributed by atoms with Gasteiger partial charge in [-0.1, -0.05) is 53.3 Å².